The summed E-state index contributed by atoms with van der Waals surface area (Å²) in [5, 5.41) is 8.06. The molecule has 0 unspecified atom stereocenters. The summed E-state index contributed by atoms with van der Waals surface area (Å²) in [6.07, 6.45) is -0.0676. The van der Waals surface area contributed by atoms with E-state index in [2.05, 4.69) is 0 Å². The highest BCUT2D eigenvalue weighted by molar-refractivity contribution is 7.85. The summed E-state index contributed by atoms with van der Waals surface area (Å²) in [6.45, 7) is 1.57. The number of hydrogen-bond acceptors (Lipinski definition) is 5. The number of aliphatic carboxylic acids is 1. The summed E-state index contributed by atoms with van der Waals surface area (Å²) in [6, 6.07) is 6.27. The fourth-order valence-electron chi connectivity index (χ4n) is 1.19. The van der Waals surface area contributed by atoms with Crippen LogP contribution in [0.5, 0.6) is 0 Å². The standard InChI is InChI=1S/C7H8O3S.C5H9NO3/c1-6-4-2-3-5-7(6)11(8,9)10;6-3-4(7)1-2-5(8)9/h2-5H,1H3,(H,8,9,10);1-3,6H2,(H,8,9). The zero-order chi connectivity index (χ0) is 15.8. The predicted molar refractivity (Wildman–Crippen MR) is 71.9 cm³/mol. The molecule has 0 aliphatic heterocycles. The molecule has 0 amide bonds. The number of carbonyl (C=O) groups is 2. The average molecular weight is 303 g/mol. The zero-order valence-corrected chi connectivity index (χ0v) is 11.8. The molecule has 20 heavy (non-hydrogen) atoms. The second-order valence-corrected chi connectivity index (χ2v) is 5.27. The number of carbonyl (C=O) groups excluding carboxylic acids is 1. The van der Waals surface area contributed by atoms with Crippen LogP contribution in [0.25, 0.3) is 0 Å². The van der Waals surface area contributed by atoms with Crippen LogP contribution in [0.3, 0.4) is 0 Å². The lowest BCUT2D eigenvalue weighted by Gasteiger charge is -1.99. The van der Waals surface area contributed by atoms with Gasteiger partial charge in [0.25, 0.3) is 10.1 Å². The van der Waals surface area contributed by atoms with Gasteiger partial charge in [0, 0.05) is 6.42 Å². The summed E-state index contributed by atoms with van der Waals surface area (Å²) in [5.41, 5.74) is 5.47. The third-order valence-electron chi connectivity index (χ3n) is 2.22. The maximum atomic E-state index is 10.6. The molecule has 8 heteroatoms. The second-order valence-electron chi connectivity index (χ2n) is 3.88. The predicted octanol–water partition coefficient (Wildman–Crippen LogP) is 0.621. The second kappa shape index (κ2) is 8.41. The van der Waals surface area contributed by atoms with Crippen LogP contribution in [-0.2, 0) is 19.7 Å². The molecule has 0 bridgehead atoms. The van der Waals surface area contributed by atoms with Gasteiger partial charge in [-0.15, -0.1) is 0 Å². The first-order valence-electron chi connectivity index (χ1n) is 5.65. The van der Waals surface area contributed by atoms with Crippen LogP contribution in [0.15, 0.2) is 29.2 Å². The number of nitrogens with two attached hydrogens (primary N) is 1. The van der Waals surface area contributed by atoms with Crippen LogP contribution in [-0.4, -0.2) is 36.4 Å². The summed E-state index contributed by atoms with van der Waals surface area (Å²) in [7, 11) is -4.03. The highest BCUT2D eigenvalue weighted by Gasteiger charge is 2.10. The van der Waals surface area contributed by atoms with E-state index >= 15 is 0 Å². The topological polar surface area (TPSA) is 135 Å². The molecule has 0 aromatic heterocycles. The van der Waals surface area contributed by atoms with Crippen LogP contribution in [0, 0.1) is 6.92 Å². The molecule has 0 saturated heterocycles. The summed E-state index contributed by atoms with van der Waals surface area (Å²) in [4.78, 5) is 20.1. The third-order valence-corrected chi connectivity index (χ3v) is 3.23. The molecule has 1 aromatic rings. The minimum absolute atomic E-state index is 0.0278. The van der Waals surface area contributed by atoms with Gasteiger partial charge in [0.05, 0.1) is 17.9 Å². The van der Waals surface area contributed by atoms with Gasteiger partial charge in [0.1, 0.15) is 5.78 Å². The van der Waals surface area contributed by atoms with E-state index in [1.807, 2.05) is 0 Å². The minimum Gasteiger partial charge on any atom is -0.481 e. The van der Waals surface area contributed by atoms with Crippen molar-refractivity contribution in [3.63, 3.8) is 0 Å². The quantitative estimate of drug-likeness (QED) is 0.678. The van der Waals surface area contributed by atoms with Gasteiger partial charge >= 0.3 is 5.97 Å². The molecule has 0 radical (unpaired) electrons. The summed E-state index contributed by atoms with van der Waals surface area (Å²) >= 11 is 0. The fourth-order valence-corrected chi connectivity index (χ4v) is 1.92. The maximum absolute atomic E-state index is 10.6. The Bertz CT molecular complexity index is 567. The van der Waals surface area contributed by atoms with E-state index in [9.17, 15) is 18.0 Å². The van der Waals surface area contributed by atoms with Crippen LogP contribution < -0.4 is 5.73 Å². The first-order valence-corrected chi connectivity index (χ1v) is 7.09. The van der Waals surface area contributed by atoms with Gasteiger partial charge in [0.15, 0.2) is 0 Å². The van der Waals surface area contributed by atoms with Crippen LogP contribution in [0.1, 0.15) is 18.4 Å². The summed E-state index contributed by atoms with van der Waals surface area (Å²) < 4.78 is 29.9. The van der Waals surface area contributed by atoms with Crippen molar-refractivity contribution in [2.24, 2.45) is 5.73 Å². The van der Waals surface area contributed by atoms with Crippen LogP contribution >= 0.6 is 0 Å². The number of ketones is 1. The molecule has 7 nitrogen and oxygen atoms in total. The van der Waals surface area contributed by atoms with Crippen molar-refractivity contribution in [2.45, 2.75) is 24.7 Å². The molecule has 0 spiro atoms. The van der Waals surface area contributed by atoms with E-state index in [0.717, 1.165) is 0 Å². The van der Waals surface area contributed by atoms with Gasteiger partial charge in [-0.1, -0.05) is 18.2 Å². The number of carboxylic acids is 1. The zero-order valence-electron chi connectivity index (χ0n) is 10.9. The molecule has 1 aromatic carbocycles. The van der Waals surface area contributed by atoms with Crippen LogP contribution in [0.2, 0.25) is 0 Å². The third kappa shape index (κ3) is 7.62. The van der Waals surface area contributed by atoms with Gasteiger partial charge in [0.2, 0.25) is 0 Å². The monoisotopic (exact) mass is 303 g/mol. The lowest BCUT2D eigenvalue weighted by Crippen LogP contribution is -2.14. The largest absolute Gasteiger partial charge is 0.481 e. The van der Waals surface area contributed by atoms with E-state index in [4.69, 9.17) is 15.4 Å². The molecule has 0 heterocycles. The minimum atomic E-state index is -4.03. The van der Waals surface area contributed by atoms with E-state index in [1.54, 1.807) is 25.1 Å². The van der Waals surface area contributed by atoms with Crippen molar-refractivity contribution < 1.29 is 27.7 Å². The van der Waals surface area contributed by atoms with Gasteiger partial charge in [-0.05, 0) is 18.6 Å². The Morgan fingerprint density at radius 1 is 1.20 bits per heavy atom. The van der Waals surface area contributed by atoms with Crippen molar-refractivity contribution in [1.29, 1.82) is 0 Å². The van der Waals surface area contributed by atoms with Crippen molar-refractivity contribution in [3.8, 4) is 0 Å². The Morgan fingerprint density at radius 2 is 1.75 bits per heavy atom. The van der Waals surface area contributed by atoms with Gasteiger partial charge in [-0.2, -0.15) is 8.42 Å². The Balaban J connectivity index is 0.000000370. The smallest absolute Gasteiger partial charge is 0.303 e. The molecule has 0 aliphatic rings. The van der Waals surface area contributed by atoms with Crippen molar-refractivity contribution >= 4 is 21.9 Å². The first-order chi connectivity index (χ1) is 9.18. The molecule has 4 N–H and O–H groups in total. The highest BCUT2D eigenvalue weighted by atomic mass is 32.2. The fraction of sp³-hybridized carbons (Fsp3) is 0.333. The maximum Gasteiger partial charge on any atom is 0.303 e. The lowest BCUT2D eigenvalue weighted by molar-refractivity contribution is -0.138. The number of hydrogen-bond donors (Lipinski definition) is 3. The normalized spacial score (nSPS) is 10.3. The molecule has 0 saturated carbocycles. The van der Waals surface area contributed by atoms with E-state index in [0.29, 0.717) is 5.56 Å². The molecule has 0 atom stereocenters. The lowest BCUT2D eigenvalue weighted by atomic mass is 10.2. The Kier molecular flexibility index (Phi) is 7.67. The Morgan fingerprint density at radius 3 is 2.10 bits per heavy atom. The van der Waals surface area contributed by atoms with Crippen molar-refractivity contribution in [2.75, 3.05) is 6.54 Å². The van der Waals surface area contributed by atoms with E-state index < -0.39 is 16.1 Å². The van der Waals surface area contributed by atoms with Gasteiger partial charge in [-0.25, -0.2) is 0 Å². The SMILES string of the molecule is Cc1ccccc1S(=O)(=O)O.NCC(=O)CCC(=O)O. The van der Waals surface area contributed by atoms with Gasteiger partial charge < -0.3 is 10.8 Å². The van der Waals surface area contributed by atoms with E-state index in [-0.39, 0.29) is 30.1 Å². The molecule has 1 rings (SSSR count). The number of carboxylic acid groups (broad SMARTS) is 1. The molecule has 112 valence electrons. The highest BCUT2D eigenvalue weighted by Crippen LogP contribution is 2.12. The Labute approximate surface area is 117 Å². The summed E-state index contributed by atoms with van der Waals surface area (Å²) in [5.74, 6) is -1.17. The molecular weight excluding hydrogens is 286 g/mol. The molecule has 0 aliphatic carbocycles. The molecule has 0 fully saturated rings. The van der Waals surface area contributed by atoms with Crippen molar-refractivity contribution in [3.05, 3.63) is 29.8 Å². The number of benzene rings is 1. The number of Topliss-reactive ketones (excluding diaryl/α,β-unsaturated/α-hetero) is 1. The number of aryl methyl sites for hydroxylation is 1. The number of rotatable bonds is 5. The van der Waals surface area contributed by atoms with Crippen molar-refractivity contribution in [1.82, 2.24) is 0 Å². The van der Waals surface area contributed by atoms with Crippen LogP contribution in [0.4, 0.5) is 0 Å². The average Bonchev–Trinajstić information content (AvgIpc) is 2.35. The van der Waals surface area contributed by atoms with Gasteiger partial charge in [-0.3, -0.25) is 14.1 Å². The first kappa shape index (κ1) is 18.2. The Hall–Kier alpha value is -1.77. The molecular formula is C12H17NO6S. The van der Waals surface area contributed by atoms with E-state index in [1.165, 1.54) is 6.07 Å².